The number of hydrogen-bond acceptors (Lipinski definition) is 4. The van der Waals surface area contributed by atoms with Gasteiger partial charge in [-0.2, -0.15) is 0 Å². The van der Waals surface area contributed by atoms with E-state index in [1.54, 1.807) is 11.3 Å². The van der Waals surface area contributed by atoms with Gasteiger partial charge < -0.3 is 15.4 Å². The van der Waals surface area contributed by atoms with E-state index in [4.69, 9.17) is 4.74 Å². The van der Waals surface area contributed by atoms with E-state index in [0.29, 0.717) is 13.2 Å². The lowest BCUT2D eigenvalue weighted by atomic mass is 10.2. The first-order chi connectivity index (χ1) is 10.6. The van der Waals surface area contributed by atoms with Crippen LogP contribution in [-0.4, -0.2) is 24.2 Å². The van der Waals surface area contributed by atoms with Crippen LogP contribution in [0.4, 0.5) is 4.79 Å². The highest BCUT2D eigenvalue weighted by Gasteiger charge is 2.11. The van der Waals surface area contributed by atoms with Gasteiger partial charge in [0.15, 0.2) is 0 Å². The van der Waals surface area contributed by atoms with E-state index in [1.807, 2.05) is 50.4 Å². The zero-order valence-corrected chi connectivity index (χ0v) is 13.9. The molecule has 2 N–H and O–H groups in total. The van der Waals surface area contributed by atoms with Crippen molar-refractivity contribution in [3.63, 3.8) is 0 Å². The Labute approximate surface area is 134 Å². The SMILES string of the molecule is Cc1nc([C@H](C)NC(=O)NCCOc2ccccc2C)cs1. The van der Waals surface area contributed by atoms with Crippen LogP contribution < -0.4 is 15.4 Å². The molecule has 5 nitrogen and oxygen atoms in total. The number of aromatic nitrogens is 1. The van der Waals surface area contributed by atoms with Crippen LogP contribution >= 0.6 is 11.3 Å². The number of para-hydroxylation sites is 1. The van der Waals surface area contributed by atoms with Crippen molar-refractivity contribution < 1.29 is 9.53 Å². The topological polar surface area (TPSA) is 63.2 Å². The van der Waals surface area contributed by atoms with Crippen molar-refractivity contribution >= 4 is 17.4 Å². The van der Waals surface area contributed by atoms with E-state index in [-0.39, 0.29) is 12.1 Å². The smallest absolute Gasteiger partial charge is 0.315 e. The van der Waals surface area contributed by atoms with Crippen LogP contribution in [0.15, 0.2) is 29.6 Å². The van der Waals surface area contributed by atoms with Crippen molar-refractivity contribution in [3.8, 4) is 5.75 Å². The van der Waals surface area contributed by atoms with Crippen LogP contribution in [0, 0.1) is 13.8 Å². The number of thiazole rings is 1. The molecule has 6 heteroatoms. The quantitative estimate of drug-likeness (QED) is 0.804. The molecule has 1 aromatic carbocycles. The average molecular weight is 319 g/mol. The molecule has 0 aliphatic heterocycles. The lowest BCUT2D eigenvalue weighted by Crippen LogP contribution is -2.39. The largest absolute Gasteiger partial charge is 0.491 e. The van der Waals surface area contributed by atoms with E-state index < -0.39 is 0 Å². The Bertz CT molecular complexity index is 627. The third kappa shape index (κ3) is 4.73. The van der Waals surface area contributed by atoms with Gasteiger partial charge in [0.25, 0.3) is 0 Å². The van der Waals surface area contributed by atoms with Gasteiger partial charge >= 0.3 is 6.03 Å². The number of urea groups is 1. The van der Waals surface area contributed by atoms with Gasteiger partial charge in [-0.3, -0.25) is 0 Å². The Hall–Kier alpha value is -2.08. The Morgan fingerprint density at radius 2 is 2.14 bits per heavy atom. The van der Waals surface area contributed by atoms with Crippen LogP contribution in [0.5, 0.6) is 5.75 Å². The summed E-state index contributed by atoms with van der Waals surface area (Å²) in [6, 6.07) is 7.48. The van der Waals surface area contributed by atoms with Gasteiger partial charge in [0.05, 0.1) is 23.3 Å². The summed E-state index contributed by atoms with van der Waals surface area (Å²) in [6.45, 7) is 6.74. The van der Waals surface area contributed by atoms with Crippen molar-refractivity contribution in [2.45, 2.75) is 26.8 Å². The van der Waals surface area contributed by atoms with Crippen LogP contribution in [0.3, 0.4) is 0 Å². The number of hydrogen-bond donors (Lipinski definition) is 2. The summed E-state index contributed by atoms with van der Waals surface area (Å²) in [4.78, 5) is 16.2. The van der Waals surface area contributed by atoms with Gasteiger partial charge in [-0.25, -0.2) is 9.78 Å². The van der Waals surface area contributed by atoms with Gasteiger partial charge in [0, 0.05) is 5.38 Å². The molecule has 1 heterocycles. The standard InChI is InChI=1S/C16H21N3O2S/c1-11-6-4-5-7-15(11)21-9-8-17-16(20)18-12(2)14-10-22-13(3)19-14/h4-7,10,12H,8-9H2,1-3H3,(H2,17,18,20)/t12-/m0/s1. The number of amides is 2. The van der Waals surface area contributed by atoms with E-state index in [9.17, 15) is 4.79 Å². The molecule has 0 saturated heterocycles. The Morgan fingerprint density at radius 1 is 1.36 bits per heavy atom. The molecule has 2 amide bonds. The maximum atomic E-state index is 11.8. The molecule has 2 aromatic rings. The molecule has 2 rings (SSSR count). The number of nitrogens with one attached hydrogen (secondary N) is 2. The van der Waals surface area contributed by atoms with Gasteiger partial charge in [-0.05, 0) is 32.4 Å². The van der Waals surface area contributed by atoms with Crippen LogP contribution in [-0.2, 0) is 0 Å². The monoisotopic (exact) mass is 319 g/mol. The molecular formula is C16H21N3O2S. The first-order valence-corrected chi connectivity index (χ1v) is 8.09. The number of ether oxygens (including phenoxy) is 1. The predicted molar refractivity (Wildman–Crippen MR) is 88.5 cm³/mol. The third-order valence-corrected chi connectivity index (χ3v) is 3.96. The Kier molecular flexibility index (Phi) is 5.77. The second-order valence-corrected chi connectivity index (χ2v) is 6.09. The third-order valence-electron chi connectivity index (χ3n) is 3.17. The number of nitrogens with zero attached hydrogens (tertiary/aromatic N) is 1. The summed E-state index contributed by atoms with van der Waals surface area (Å²) in [5.41, 5.74) is 1.97. The van der Waals surface area contributed by atoms with Gasteiger partial charge in [0.2, 0.25) is 0 Å². The summed E-state index contributed by atoms with van der Waals surface area (Å²) in [7, 11) is 0. The fraction of sp³-hybridized carbons (Fsp3) is 0.375. The van der Waals surface area contributed by atoms with Crippen LogP contribution in [0.25, 0.3) is 0 Å². The fourth-order valence-electron chi connectivity index (χ4n) is 1.94. The minimum atomic E-state index is -0.216. The van der Waals surface area contributed by atoms with Gasteiger partial charge in [0.1, 0.15) is 12.4 Å². The number of aryl methyl sites for hydroxylation is 2. The number of benzene rings is 1. The summed E-state index contributed by atoms with van der Waals surface area (Å²) in [5.74, 6) is 0.844. The molecule has 0 unspecified atom stereocenters. The van der Waals surface area contributed by atoms with Crippen molar-refractivity contribution in [1.29, 1.82) is 0 Å². The summed E-state index contributed by atoms with van der Waals surface area (Å²) >= 11 is 1.58. The summed E-state index contributed by atoms with van der Waals surface area (Å²) < 4.78 is 5.63. The molecule has 1 aromatic heterocycles. The minimum Gasteiger partial charge on any atom is -0.491 e. The van der Waals surface area contributed by atoms with Crippen molar-refractivity contribution in [2.24, 2.45) is 0 Å². The maximum Gasteiger partial charge on any atom is 0.315 e. The highest BCUT2D eigenvalue weighted by atomic mass is 32.1. The molecular weight excluding hydrogens is 298 g/mol. The molecule has 1 atom stereocenters. The van der Waals surface area contributed by atoms with E-state index in [2.05, 4.69) is 15.6 Å². The predicted octanol–water partition coefficient (Wildman–Crippen LogP) is 3.20. The maximum absolute atomic E-state index is 11.8. The lowest BCUT2D eigenvalue weighted by Gasteiger charge is -2.13. The molecule has 0 spiro atoms. The fourth-order valence-corrected chi connectivity index (χ4v) is 2.65. The highest BCUT2D eigenvalue weighted by molar-refractivity contribution is 7.09. The second kappa shape index (κ2) is 7.79. The van der Waals surface area contributed by atoms with Gasteiger partial charge in [-0.15, -0.1) is 11.3 Å². The van der Waals surface area contributed by atoms with E-state index >= 15 is 0 Å². The second-order valence-electron chi connectivity index (χ2n) is 5.03. The summed E-state index contributed by atoms with van der Waals surface area (Å²) in [5, 5.41) is 8.59. The molecule has 0 fully saturated rings. The number of rotatable bonds is 6. The molecule has 0 radical (unpaired) electrons. The van der Waals surface area contributed by atoms with Crippen molar-refractivity contribution in [1.82, 2.24) is 15.6 Å². The van der Waals surface area contributed by atoms with Crippen LogP contribution in [0.2, 0.25) is 0 Å². The molecule has 0 saturated carbocycles. The molecule has 0 aliphatic rings. The molecule has 0 bridgehead atoms. The molecule has 0 aliphatic carbocycles. The van der Waals surface area contributed by atoms with Crippen molar-refractivity contribution in [3.05, 3.63) is 45.9 Å². The molecule has 22 heavy (non-hydrogen) atoms. The zero-order valence-electron chi connectivity index (χ0n) is 13.1. The molecule has 118 valence electrons. The van der Waals surface area contributed by atoms with E-state index in [0.717, 1.165) is 22.0 Å². The highest BCUT2D eigenvalue weighted by Crippen LogP contribution is 2.16. The van der Waals surface area contributed by atoms with Crippen LogP contribution in [0.1, 0.15) is 29.2 Å². The minimum absolute atomic E-state index is 0.109. The average Bonchev–Trinajstić information content (AvgIpc) is 2.92. The van der Waals surface area contributed by atoms with E-state index in [1.165, 1.54) is 0 Å². The van der Waals surface area contributed by atoms with Gasteiger partial charge in [-0.1, -0.05) is 18.2 Å². The Morgan fingerprint density at radius 3 is 2.82 bits per heavy atom. The Balaban J connectivity index is 1.69. The normalized spacial score (nSPS) is 11.8. The van der Waals surface area contributed by atoms with Crippen molar-refractivity contribution in [2.75, 3.05) is 13.2 Å². The number of carbonyl (C=O) groups excluding carboxylic acids is 1. The number of carbonyl (C=O) groups is 1. The zero-order chi connectivity index (χ0) is 15.9. The lowest BCUT2D eigenvalue weighted by molar-refractivity contribution is 0.233. The first-order valence-electron chi connectivity index (χ1n) is 7.21. The summed E-state index contributed by atoms with van der Waals surface area (Å²) in [6.07, 6.45) is 0. The first kappa shape index (κ1) is 16.3.